The molecule has 1 unspecified atom stereocenters. The second kappa shape index (κ2) is 8.37. The van der Waals surface area contributed by atoms with E-state index in [2.05, 4.69) is 18.2 Å². The van der Waals surface area contributed by atoms with Gasteiger partial charge in [0.15, 0.2) is 11.5 Å². The average Bonchev–Trinajstić information content (AvgIpc) is 2.70. The Hall–Kier alpha value is -2.31. The van der Waals surface area contributed by atoms with Crippen LogP contribution >= 0.6 is 11.8 Å². The Bertz CT molecular complexity index is 850. The molecule has 28 heavy (non-hydrogen) atoms. The summed E-state index contributed by atoms with van der Waals surface area (Å²) in [4.78, 5) is 1.08. The normalized spacial score (nSPS) is 15.4. The maximum Gasteiger partial charge on any atom is 0.203 e. The summed E-state index contributed by atoms with van der Waals surface area (Å²) in [7, 11) is 6.48. The Morgan fingerprint density at radius 2 is 1.61 bits per heavy atom. The smallest absolute Gasteiger partial charge is 0.203 e. The zero-order valence-corrected chi connectivity index (χ0v) is 17.9. The molecule has 1 aliphatic heterocycles. The number of rotatable bonds is 7. The second-order valence-electron chi connectivity index (χ2n) is 6.88. The van der Waals surface area contributed by atoms with Gasteiger partial charge in [0.25, 0.3) is 0 Å². The lowest BCUT2D eigenvalue weighted by Gasteiger charge is -2.28. The standard InChI is InChI=1S/C22H26O5S/c1-22(2)10-9-14-11-16(7-8-17(14)27-22)28-21(26-6)15-12-18(23-3)20(25-5)19(13-15)24-4/h7-13,21H,1-6H3. The highest BCUT2D eigenvalue weighted by molar-refractivity contribution is 7.99. The summed E-state index contributed by atoms with van der Waals surface area (Å²) in [5.74, 6) is 2.65. The Labute approximate surface area is 170 Å². The third-order valence-corrected chi connectivity index (χ3v) is 5.64. The lowest BCUT2D eigenvalue weighted by Crippen LogP contribution is -2.27. The van der Waals surface area contributed by atoms with Crippen LogP contribution in [-0.2, 0) is 4.74 Å². The van der Waals surface area contributed by atoms with Gasteiger partial charge in [0.05, 0.1) is 21.3 Å². The molecule has 6 heteroatoms. The predicted octanol–water partition coefficient (Wildman–Crippen LogP) is 5.33. The summed E-state index contributed by atoms with van der Waals surface area (Å²) in [6.45, 7) is 4.08. The molecule has 1 atom stereocenters. The number of methoxy groups -OCH3 is 4. The molecule has 0 fully saturated rings. The van der Waals surface area contributed by atoms with Crippen molar-refractivity contribution in [2.24, 2.45) is 0 Å². The van der Waals surface area contributed by atoms with E-state index in [0.717, 1.165) is 21.8 Å². The molecule has 0 bridgehead atoms. The maximum atomic E-state index is 6.00. The third kappa shape index (κ3) is 4.23. The van der Waals surface area contributed by atoms with E-state index < -0.39 is 0 Å². The Morgan fingerprint density at radius 3 is 2.18 bits per heavy atom. The molecule has 2 aromatic carbocycles. The zero-order valence-electron chi connectivity index (χ0n) is 17.1. The predicted molar refractivity (Wildman–Crippen MR) is 112 cm³/mol. The number of hydrogen-bond donors (Lipinski definition) is 0. The minimum Gasteiger partial charge on any atom is -0.493 e. The third-order valence-electron chi connectivity index (χ3n) is 4.43. The molecule has 5 nitrogen and oxygen atoms in total. The van der Waals surface area contributed by atoms with Crippen LogP contribution in [0.1, 0.15) is 30.4 Å². The van der Waals surface area contributed by atoms with Gasteiger partial charge in [-0.2, -0.15) is 0 Å². The lowest BCUT2D eigenvalue weighted by molar-refractivity contribution is 0.159. The number of ether oxygens (including phenoxy) is 5. The number of fused-ring (bicyclic) bond motifs is 1. The van der Waals surface area contributed by atoms with Gasteiger partial charge in [-0.15, -0.1) is 0 Å². The van der Waals surface area contributed by atoms with Crippen LogP contribution in [0.15, 0.2) is 41.3 Å². The Morgan fingerprint density at radius 1 is 0.929 bits per heavy atom. The van der Waals surface area contributed by atoms with E-state index in [1.807, 2.05) is 38.1 Å². The number of thioether (sulfide) groups is 1. The second-order valence-corrected chi connectivity index (χ2v) is 8.02. The fraction of sp³-hybridized carbons (Fsp3) is 0.364. The van der Waals surface area contributed by atoms with Crippen molar-refractivity contribution in [3.05, 3.63) is 47.5 Å². The van der Waals surface area contributed by atoms with Crippen LogP contribution in [0.3, 0.4) is 0 Å². The average molecular weight is 403 g/mol. The topological polar surface area (TPSA) is 46.2 Å². The first-order chi connectivity index (χ1) is 13.4. The molecule has 0 radical (unpaired) electrons. The highest BCUT2D eigenvalue weighted by Gasteiger charge is 2.23. The van der Waals surface area contributed by atoms with Gasteiger partial charge in [-0.05, 0) is 55.8 Å². The molecule has 0 amide bonds. The van der Waals surface area contributed by atoms with Crippen molar-refractivity contribution in [3.63, 3.8) is 0 Å². The summed E-state index contributed by atoms with van der Waals surface area (Å²) in [6.07, 6.45) is 4.17. The summed E-state index contributed by atoms with van der Waals surface area (Å²) < 4.78 is 28.1. The van der Waals surface area contributed by atoms with Crippen LogP contribution in [0.2, 0.25) is 0 Å². The van der Waals surface area contributed by atoms with Gasteiger partial charge in [-0.1, -0.05) is 17.8 Å². The van der Waals surface area contributed by atoms with Crippen molar-refractivity contribution in [2.45, 2.75) is 29.8 Å². The highest BCUT2D eigenvalue weighted by Crippen LogP contribution is 2.45. The molecular formula is C22H26O5S. The van der Waals surface area contributed by atoms with Gasteiger partial charge in [0.1, 0.15) is 16.8 Å². The molecule has 0 saturated heterocycles. The van der Waals surface area contributed by atoms with Crippen LogP contribution in [-0.4, -0.2) is 34.0 Å². The SMILES string of the molecule is COc1cc(C(OC)Sc2ccc3c(c2)C=CC(C)(C)O3)cc(OC)c1OC. The van der Waals surface area contributed by atoms with Gasteiger partial charge >= 0.3 is 0 Å². The fourth-order valence-corrected chi connectivity index (χ4v) is 4.00. The lowest BCUT2D eigenvalue weighted by atomic mass is 10.0. The maximum absolute atomic E-state index is 6.00. The fourth-order valence-electron chi connectivity index (χ4n) is 3.04. The van der Waals surface area contributed by atoms with Crippen molar-refractivity contribution < 1.29 is 23.7 Å². The van der Waals surface area contributed by atoms with Crippen LogP contribution in [0, 0.1) is 0 Å². The largest absolute Gasteiger partial charge is 0.493 e. The van der Waals surface area contributed by atoms with Crippen LogP contribution in [0.4, 0.5) is 0 Å². The van der Waals surface area contributed by atoms with E-state index >= 15 is 0 Å². The van der Waals surface area contributed by atoms with Gasteiger partial charge < -0.3 is 23.7 Å². The molecular weight excluding hydrogens is 376 g/mol. The molecule has 0 aliphatic carbocycles. The van der Waals surface area contributed by atoms with E-state index in [1.165, 1.54) is 0 Å². The monoisotopic (exact) mass is 402 g/mol. The van der Waals surface area contributed by atoms with Gasteiger partial charge in [-0.25, -0.2) is 0 Å². The molecule has 0 N–H and O–H groups in total. The molecule has 1 heterocycles. The summed E-state index contributed by atoms with van der Waals surface area (Å²) >= 11 is 1.60. The van der Waals surface area contributed by atoms with Gasteiger partial charge in [-0.3, -0.25) is 0 Å². The summed E-state index contributed by atoms with van der Waals surface area (Å²) in [5.41, 5.74) is 1.46. The minimum atomic E-state index is -0.285. The van der Waals surface area contributed by atoms with Crippen LogP contribution in [0.5, 0.6) is 23.0 Å². The first kappa shape index (κ1) is 20.4. The van der Waals surface area contributed by atoms with Crippen LogP contribution < -0.4 is 18.9 Å². The van der Waals surface area contributed by atoms with E-state index in [4.69, 9.17) is 23.7 Å². The van der Waals surface area contributed by atoms with Crippen molar-refractivity contribution >= 4 is 17.8 Å². The molecule has 2 aromatic rings. The van der Waals surface area contributed by atoms with Crippen molar-refractivity contribution in [2.75, 3.05) is 28.4 Å². The molecule has 3 rings (SSSR count). The molecule has 0 aromatic heterocycles. The first-order valence-electron chi connectivity index (χ1n) is 8.92. The Balaban J connectivity index is 1.89. The number of hydrogen-bond acceptors (Lipinski definition) is 6. The summed E-state index contributed by atoms with van der Waals surface area (Å²) in [6, 6.07) is 9.97. The highest BCUT2D eigenvalue weighted by atomic mass is 32.2. The van der Waals surface area contributed by atoms with Crippen LogP contribution in [0.25, 0.3) is 6.08 Å². The van der Waals surface area contributed by atoms with E-state index in [0.29, 0.717) is 17.2 Å². The van der Waals surface area contributed by atoms with E-state index in [1.54, 1.807) is 40.2 Å². The van der Waals surface area contributed by atoms with Crippen molar-refractivity contribution in [3.8, 4) is 23.0 Å². The summed E-state index contributed by atoms with van der Waals surface area (Å²) in [5, 5.41) is 0. The van der Waals surface area contributed by atoms with Gasteiger partial charge in [0.2, 0.25) is 5.75 Å². The number of benzene rings is 2. The molecule has 150 valence electrons. The van der Waals surface area contributed by atoms with E-state index in [9.17, 15) is 0 Å². The van der Waals surface area contributed by atoms with Gasteiger partial charge in [0, 0.05) is 17.6 Å². The van der Waals surface area contributed by atoms with E-state index in [-0.39, 0.29) is 11.0 Å². The minimum absolute atomic E-state index is 0.239. The molecule has 1 aliphatic rings. The van der Waals surface area contributed by atoms with Crippen molar-refractivity contribution in [1.82, 2.24) is 0 Å². The Kier molecular flexibility index (Phi) is 6.10. The quantitative estimate of drug-likeness (QED) is 0.461. The van der Waals surface area contributed by atoms with Crippen molar-refractivity contribution in [1.29, 1.82) is 0 Å². The molecule has 0 spiro atoms. The molecule has 0 saturated carbocycles. The first-order valence-corrected chi connectivity index (χ1v) is 9.80. The zero-order chi connectivity index (χ0) is 20.3.